The molecule has 0 spiro atoms. The van der Waals surface area contributed by atoms with Crippen molar-refractivity contribution in [3.8, 4) is 0 Å². The zero-order valence-electron chi connectivity index (χ0n) is 6.37. The van der Waals surface area contributed by atoms with E-state index in [1.165, 1.54) is 0 Å². The maximum absolute atomic E-state index is 5.79. The van der Waals surface area contributed by atoms with Crippen LogP contribution in [-0.4, -0.2) is 0 Å². The highest BCUT2D eigenvalue weighted by atomic mass is 16.3. The molecular formula is C8H13NO. The number of hydrogen-bond donors (Lipinski definition) is 1. The lowest BCUT2D eigenvalue weighted by molar-refractivity contribution is 0.402. The van der Waals surface area contributed by atoms with Gasteiger partial charge in [0.1, 0.15) is 5.76 Å². The lowest BCUT2D eigenvalue weighted by Crippen LogP contribution is -2.15. The first-order valence-electron chi connectivity index (χ1n) is 3.51. The molecule has 0 aliphatic heterocycles. The Morgan fingerprint density at radius 1 is 1.50 bits per heavy atom. The van der Waals surface area contributed by atoms with Crippen LogP contribution in [0.3, 0.4) is 0 Å². The van der Waals surface area contributed by atoms with Gasteiger partial charge in [0.25, 0.3) is 0 Å². The molecule has 0 fully saturated rings. The fourth-order valence-corrected chi connectivity index (χ4v) is 0.809. The minimum Gasteiger partial charge on any atom is -0.468 e. The molecule has 0 bridgehead atoms. The molecule has 1 aromatic rings. The van der Waals surface area contributed by atoms with Crippen molar-refractivity contribution in [1.29, 1.82) is 0 Å². The van der Waals surface area contributed by atoms with E-state index in [1.54, 1.807) is 6.26 Å². The van der Waals surface area contributed by atoms with Gasteiger partial charge in [-0.3, -0.25) is 0 Å². The molecule has 0 saturated heterocycles. The van der Waals surface area contributed by atoms with E-state index in [9.17, 15) is 0 Å². The van der Waals surface area contributed by atoms with E-state index in [0.29, 0.717) is 5.92 Å². The predicted octanol–water partition coefficient (Wildman–Crippen LogP) is 1.94. The van der Waals surface area contributed by atoms with Crippen molar-refractivity contribution in [3.63, 3.8) is 0 Å². The van der Waals surface area contributed by atoms with Crippen LogP contribution in [0.15, 0.2) is 22.8 Å². The van der Waals surface area contributed by atoms with Gasteiger partial charge in [-0.2, -0.15) is 0 Å². The summed E-state index contributed by atoms with van der Waals surface area (Å²) in [7, 11) is 0. The Morgan fingerprint density at radius 2 is 2.20 bits per heavy atom. The van der Waals surface area contributed by atoms with Crippen LogP contribution in [0.1, 0.15) is 25.6 Å². The monoisotopic (exact) mass is 139 g/mol. The van der Waals surface area contributed by atoms with Crippen LogP contribution in [0.25, 0.3) is 0 Å². The molecule has 2 nitrogen and oxygen atoms in total. The summed E-state index contributed by atoms with van der Waals surface area (Å²) in [4.78, 5) is 0. The zero-order valence-corrected chi connectivity index (χ0v) is 6.37. The molecule has 1 rings (SSSR count). The summed E-state index contributed by atoms with van der Waals surface area (Å²) in [5.74, 6) is 1.31. The number of nitrogens with two attached hydrogens (primary N) is 1. The molecule has 2 heteroatoms. The highest BCUT2D eigenvalue weighted by Crippen LogP contribution is 2.18. The van der Waals surface area contributed by atoms with Crippen LogP contribution < -0.4 is 5.73 Å². The van der Waals surface area contributed by atoms with E-state index in [-0.39, 0.29) is 6.04 Å². The molecule has 0 aromatic carbocycles. The molecule has 0 amide bonds. The zero-order chi connectivity index (χ0) is 7.56. The van der Waals surface area contributed by atoms with Crippen molar-refractivity contribution < 1.29 is 4.42 Å². The van der Waals surface area contributed by atoms with Gasteiger partial charge in [-0.25, -0.2) is 0 Å². The maximum atomic E-state index is 5.79. The third kappa shape index (κ3) is 1.39. The van der Waals surface area contributed by atoms with Crippen LogP contribution in [0.5, 0.6) is 0 Å². The number of rotatable bonds is 2. The average Bonchev–Trinajstić information content (AvgIpc) is 2.36. The molecule has 0 saturated carbocycles. The van der Waals surface area contributed by atoms with Gasteiger partial charge >= 0.3 is 0 Å². The van der Waals surface area contributed by atoms with Crippen molar-refractivity contribution >= 4 is 0 Å². The molecule has 1 aromatic heterocycles. The summed E-state index contributed by atoms with van der Waals surface area (Å²) < 4.78 is 5.13. The van der Waals surface area contributed by atoms with Crippen molar-refractivity contribution in [2.24, 2.45) is 11.7 Å². The van der Waals surface area contributed by atoms with Gasteiger partial charge < -0.3 is 10.2 Å². The van der Waals surface area contributed by atoms with Crippen LogP contribution in [0.2, 0.25) is 0 Å². The average molecular weight is 139 g/mol. The molecular weight excluding hydrogens is 126 g/mol. The molecule has 56 valence electrons. The Kier molecular flexibility index (Phi) is 2.12. The Balaban J connectivity index is 2.68. The summed E-state index contributed by atoms with van der Waals surface area (Å²) in [6.45, 7) is 4.15. The fraction of sp³-hybridized carbons (Fsp3) is 0.500. The lowest BCUT2D eigenvalue weighted by atomic mass is 10.0. The van der Waals surface area contributed by atoms with Gasteiger partial charge in [-0.15, -0.1) is 0 Å². The summed E-state index contributed by atoms with van der Waals surface area (Å²) >= 11 is 0. The summed E-state index contributed by atoms with van der Waals surface area (Å²) in [6.07, 6.45) is 1.65. The van der Waals surface area contributed by atoms with E-state index in [4.69, 9.17) is 10.2 Å². The Labute approximate surface area is 61.0 Å². The van der Waals surface area contributed by atoms with Crippen molar-refractivity contribution in [2.45, 2.75) is 19.9 Å². The molecule has 1 unspecified atom stereocenters. The van der Waals surface area contributed by atoms with Gasteiger partial charge in [0.2, 0.25) is 0 Å². The maximum Gasteiger partial charge on any atom is 0.120 e. The summed E-state index contributed by atoms with van der Waals surface area (Å²) in [5.41, 5.74) is 5.79. The van der Waals surface area contributed by atoms with E-state index in [1.807, 2.05) is 12.1 Å². The first kappa shape index (κ1) is 7.35. The number of hydrogen-bond acceptors (Lipinski definition) is 2. The van der Waals surface area contributed by atoms with E-state index >= 15 is 0 Å². The summed E-state index contributed by atoms with van der Waals surface area (Å²) in [5, 5.41) is 0. The van der Waals surface area contributed by atoms with Crippen molar-refractivity contribution in [2.75, 3.05) is 0 Å². The molecule has 10 heavy (non-hydrogen) atoms. The van der Waals surface area contributed by atoms with Gasteiger partial charge in [0.15, 0.2) is 0 Å². The van der Waals surface area contributed by atoms with Gasteiger partial charge in [0.05, 0.1) is 12.3 Å². The third-order valence-electron chi connectivity index (χ3n) is 1.59. The first-order chi connectivity index (χ1) is 4.72. The minimum atomic E-state index is 0.0370. The van der Waals surface area contributed by atoms with Gasteiger partial charge in [-0.05, 0) is 18.1 Å². The Morgan fingerprint density at radius 3 is 2.60 bits per heavy atom. The Bertz CT molecular complexity index is 179. The summed E-state index contributed by atoms with van der Waals surface area (Å²) in [6, 6.07) is 3.80. The molecule has 2 N–H and O–H groups in total. The molecule has 0 aliphatic rings. The van der Waals surface area contributed by atoms with E-state index in [2.05, 4.69) is 13.8 Å². The van der Waals surface area contributed by atoms with Gasteiger partial charge in [0, 0.05) is 0 Å². The second kappa shape index (κ2) is 2.88. The minimum absolute atomic E-state index is 0.0370. The normalized spacial score (nSPS) is 14.0. The smallest absolute Gasteiger partial charge is 0.120 e. The third-order valence-corrected chi connectivity index (χ3v) is 1.59. The van der Waals surface area contributed by atoms with E-state index < -0.39 is 0 Å². The highest BCUT2D eigenvalue weighted by Gasteiger charge is 2.11. The Hall–Kier alpha value is -0.760. The van der Waals surface area contributed by atoms with Crippen molar-refractivity contribution in [1.82, 2.24) is 0 Å². The van der Waals surface area contributed by atoms with E-state index in [0.717, 1.165) is 5.76 Å². The SMILES string of the molecule is CC(C)C(N)c1ccco1. The topological polar surface area (TPSA) is 39.2 Å². The fourth-order valence-electron chi connectivity index (χ4n) is 0.809. The highest BCUT2D eigenvalue weighted by molar-refractivity contribution is 5.03. The lowest BCUT2D eigenvalue weighted by Gasteiger charge is -2.11. The quantitative estimate of drug-likeness (QED) is 0.680. The molecule has 0 radical (unpaired) electrons. The van der Waals surface area contributed by atoms with Crippen LogP contribution >= 0.6 is 0 Å². The molecule has 1 atom stereocenters. The molecule has 1 heterocycles. The molecule has 0 aliphatic carbocycles. The van der Waals surface area contributed by atoms with Crippen LogP contribution in [-0.2, 0) is 0 Å². The second-order valence-electron chi connectivity index (χ2n) is 2.79. The van der Waals surface area contributed by atoms with Gasteiger partial charge in [-0.1, -0.05) is 13.8 Å². The second-order valence-corrected chi connectivity index (χ2v) is 2.79. The first-order valence-corrected chi connectivity index (χ1v) is 3.51. The van der Waals surface area contributed by atoms with Crippen LogP contribution in [0.4, 0.5) is 0 Å². The van der Waals surface area contributed by atoms with Crippen molar-refractivity contribution in [3.05, 3.63) is 24.2 Å². The predicted molar refractivity (Wildman–Crippen MR) is 40.5 cm³/mol. The largest absolute Gasteiger partial charge is 0.468 e. The number of furan rings is 1. The van der Waals surface area contributed by atoms with Crippen LogP contribution in [0, 0.1) is 5.92 Å². The standard InChI is InChI=1S/C8H13NO/c1-6(2)8(9)7-4-3-5-10-7/h3-6,8H,9H2,1-2H3.